The lowest BCUT2D eigenvalue weighted by atomic mass is 10.1. The van der Waals surface area contributed by atoms with Gasteiger partial charge in [-0.15, -0.1) is 12.4 Å². The molecule has 3 rings (SSSR count). The third-order valence-corrected chi connectivity index (χ3v) is 6.21. The average molecular weight is 403 g/mol. The van der Waals surface area contributed by atoms with Gasteiger partial charge < -0.3 is 10.2 Å². The predicted molar refractivity (Wildman–Crippen MR) is 106 cm³/mol. The first-order valence-corrected chi connectivity index (χ1v) is 10.5. The Balaban J connectivity index is 0.00000243. The largest absolute Gasteiger partial charge is 0.337 e. The Bertz CT molecular complexity index is 722. The van der Waals surface area contributed by atoms with Crippen molar-refractivity contribution in [1.29, 1.82) is 0 Å². The van der Waals surface area contributed by atoms with Crippen LogP contribution in [0.2, 0.25) is 0 Å². The fourth-order valence-corrected chi connectivity index (χ4v) is 4.10. The minimum atomic E-state index is -3.42. The van der Waals surface area contributed by atoms with Gasteiger partial charge in [0, 0.05) is 45.3 Å². The maximum atomic E-state index is 12.9. The molecule has 2 aliphatic heterocycles. The maximum absolute atomic E-state index is 12.9. The molecule has 0 aliphatic carbocycles. The molecule has 0 bridgehead atoms. The molecule has 9 heteroatoms. The molecule has 2 saturated heterocycles. The highest BCUT2D eigenvalue weighted by atomic mass is 35.5. The highest BCUT2D eigenvalue weighted by Crippen LogP contribution is 2.23. The van der Waals surface area contributed by atoms with E-state index >= 15 is 0 Å². The van der Waals surface area contributed by atoms with Gasteiger partial charge in [0.05, 0.1) is 17.0 Å². The van der Waals surface area contributed by atoms with Crippen molar-refractivity contribution in [3.05, 3.63) is 29.8 Å². The van der Waals surface area contributed by atoms with E-state index in [1.807, 2.05) is 4.90 Å². The lowest BCUT2D eigenvalue weighted by Gasteiger charge is -2.32. The minimum absolute atomic E-state index is 0. The summed E-state index contributed by atoms with van der Waals surface area (Å²) in [6, 6.07) is 7.22. The van der Waals surface area contributed by atoms with Crippen LogP contribution in [-0.4, -0.2) is 75.2 Å². The number of anilines is 1. The summed E-state index contributed by atoms with van der Waals surface area (Å²) >= 11 is 0. The molecule has 1 aromatic rings. The smallest absolute Gasteiger partial charge is 0.256 e. The van der Waals surface area contributed by atoms with E-state index in [9.17, 15) is 13.2 Å². The molecule has 1 atom stereocenters. The Morgan fingerprint density at radius 1 is 1.23 bits per heavy atom. The zero-order chi connectivity index (χ0) is 17.9. The Hall–Kier alpha value is -1.35. The Kier molecular flexibility index (Phi) is 7.28. The van der Waals surface area contributed by atoms with E-state index in [1.54, 1.807) is 31.2 Å². The summed E-state index contributed by atoms with van der Waals surface area (Å²) in [5.74, 6) is -0.128. The molecule has 7 nitrogen and oxygen atoms in total. The van der Waals surface area contributed by atoms with Crippen LogP contribution in [0.5, 0.6) is 0 Å². The number of nitrogens with zero attached hydrogens (tertiary/aromatic N) is 2. The summed E-state index contributed by atoms with van der Waals surface area (Å²) in [6.45, 7) is 7.00. The zero-order valence-electron chi connectivity index (χ0n) is 15.0. The molecular weight excluding hydrogens is 376 g/mol. The highest BCUT2D eigenvalue weighted by molar-refractivity contribution is 7.92. The molecule has 0 aromatic heterocycles. The van der Waals surface area contributed by atoms with E-state index in [-0.39, 0.29) is 24.1 Å². The van der Waals surface area contributed by atoms with Crippen LogP contribution in [-0.2, 0) is 10.0 Å². The van der Waals surface area contributed by atoms with Crippen molar-refractivity contribution in [2.24, 2.45) is 0 Å². The van der Waals surface area contributed by atoms with Gasteiger partial charge in [-0.1, -0.05) is 12.1 Å². The van der Waals surface area contributed by atoms with E-state index < -0.39 is 10.0 Å². The zero-order valence-corrected chi connectivity index (χ0v) is 16.6. The maximum Gasteiger partial charge on any atom is 0.256 e. The summed E-state index contributed by atoms with van der Waals surface area (Å²) in [7, 11) is -3.42. The lowest BCUT2D eigenvalue weighted by molar-refractivity contribution is 0.0774. The Morgan fingerprint density at radius 3 is 2.62 bits per heavy atom. The van der Waals surface area contributed by atoms with Crippen LogP contribution in [0.1, 0.15) is 23.7 Å². The topological polar surface area (TPSA) is 81.8 Å². The van der Waals surface area contributed by atoms with Crippen LogP contribution in [0, 0.1) is 0 Å². The number of likely N-dealkylation sites (tertiary alicyclic amines) is 1. The van der Waals surface area contributed by atoms with Crippen molar-refractivity contribution < 1.29 is 13.2 Å². The number of amides is 1. The van der Waals surface area contributed by atoms with Crippen molar-refractivity contribution in [2.45, 2.75) is 19.4 Å². The van der Waals surface area contributed by atoms with E-state index in [0.717, 1.165) is 32.6 Å². The van der Waals surface area contributed by atoms with Gasteiger partial charge in [-0.2, -0.15) is 0 Å². The number of carbonyl (C=O) groups excluding carboxylic acids is 1. The normalized spacial score (nSPS) is 21.3. The summed E-state index contributed by atoms with van der Waals surface area (Å²) in [4.78, 5) is 17.2. The number of benzene rings is 1. The summed E-state index contributed by atoms with van der Waals surface area (Å²) in [5, 5.41) is 3.35. The van der Waals surface area contributed by atoms with Gasteiger partial charge in [0.2, 0.25) is 10.0 Å². The molecular formula is C17H27ClN4O3S. The third kappa shape index (κ3) is 4.88. The number of halogens is 1. The van der Waals surface area contributed by atoms with E-state index in [2.05, 4.69) is 14.9 Å². The number of hydrogen-bond acceptors (Lipinski definition) is 5. The first-order chi connectivity index (χ1) is 12.0. The van der Waals surface area contributed by atoms with Crippen LogP contribution in [0.15, 0.2) is 24.3 Å². The molecule has 1 amide bonds. The second-order valence-corrected chi connectivity index (χ2v) is 8.54. The number of piperazine rings is 1. The number of hydrogen-bond donors (Lipinski definition) is 2. The van der Waals surface area contributed by atoms with Crippen molar-refractivity contribution in [1.82, 2.24) is 15.1 Å². The second-order valence-electron chi connectivity index (χ2n) is 6.53. The summed E-state index contributed by atoms with van der Waals surface area (Å²) in [5.41, 5.74) is 0.778. The molecule has 0 spiro atoms. The van der Waals surface area contributed by atoms with Crippen LogP contribution in [0.25, 0.3) is 0 Å². The van der Waals surface area contributed by atoms with Crippen LogP contribution in [0.3, 0.4) is 0 Å². The van der Waals surface area contributed by atoms with Gasteiger partial charge in [-0.3, -0.25) is 14.4 Å². The average Bonchev–Trinajstić information content (AvgIpc) is 3.12. The number of carbonyl (C=O) groups is 1. The van der Waals surface area contributed by atoms with Gasteiger partial charge in [-0.25, -0.2) is 8.42 Å². The molecule has 2 aliphatic rings. The van der Waals surface area contributed by atoms with Gasteiger partial charge >= 0.3 is 0 Å². The summed E-state index contributed by atoms with van der Waals surface area (Å²) in [6.07, 6.45) is 0.967. The van der Waals surface area contributed by atoms with E-state index in [0.29, 0.717) is 30.4 Å². The van der Waals surface area contributed by atoms with Crippen molar-refractivity contribution >= 4 is 34.0 Å². The van der Waals surface area contributed by atoms with Crippen molar-refractivity contribution in [2.75, 3.05) is 49.7 Å². The lowest BCUT2D eigenvalue weighted by Crippen LogP contribution is -2.49. The molecule has 2 fully saturated rings. The van der Waals surface area contributed by atoms with Crippen molar-refractivity contribution in [3.8, 4) is 0 Å². The van der Waals surface area contributed by atoms with Crippen molar-refractivity contribution in [3.63, 3.8) is 0 Å². The standard InChI is InChI=1S/C17H26N4O3S.ClH/c1-2-25(23,24)19-16-6-4-3-5-15(16)17(22)21-10-7-14(13-21)20-11-8-18-9-12-20;/h3-6,14,18-19H,2,7-13H2,1H3;1H. The molecule has 146 valence electrons. The molecule has 2 heterocycles. The highest BCUT2D eigenvalue weighted by Gasteiger charge is 2.32. The SMILES string of the molecule is CCS(=O)(=O)Nc1ccccc1C(=O)N1CCC(N2CCNCC2)C1.Cl. The monoisotopic (exact) mass is 402 g/mol. The molecule has 2 N–H and O–H groups in total. The molecule has 0 radical (unpaired) electrons. The fourth-order valence-electron chi connectivity index (χ4n) is 3.44. The quantitative estimate of drug-likeness (QED) is 0.767. The van der Waals surface area contributed by atoms with E-state index in [4.69, 9.17) is 0 Å². The van der Waals surface area contributed by atoms with Gasteiger partial charge in [0.15, 0.2) is 0 Å². The van der Waals surface area contributed by atoms with Gasteiger partial charge in [-0.05, 0) is 25.5 Å². The molecule has 0 saturated carbocycles. The molecule has 1 unspecified atom stereocenters. The third-order valence-electron chi connectivity index (χ3n) is 4.92. The number of para-hydroxylation sites is 1. The first-order valence-electron chi connectivity index (χ1n) is 8.84. The minimum Gasteiger partial charge on any atom is -0.337 e. The predicted octanol–water partition coefficient (Wildman–Crippen LogP) is 0.990. The van der Waals surface area contributed by atoms with Crippen LogP contribution >= 0.6 is 12.4 Å². The molecule has 1 aromatic carbocycles. The number of nitrogens with one attached hydrogen (secondary N) is 2. The Labute approximate surface area is 161 Å². The van der Waals surface area contributed by atoms with Crippen LogP contribution in [0.4, 0.5) is 5.69 Å². The number of rotatable bonds is 5. The summed E-state index contributed by atoms with van der Waals surface area (Å²) < 4.78 is 26.3. The molecule has 26 heavy (non-hydrogen) atoms. The number of sulfonamides is 1. The van der Waals surface area contributed by atoms with Gasteiger partial charge in [0.25, 0.3) is 5.91 Å². The Morgan fingerprint density at radius 2 is 1.92 bits per heavy atom. The van der Waals surface area contributed by atoms with Crippen LogP contribution < -0.4 is 10.0 Å². The fraction of sp³-hybridized carbons (Fsp3) is 0.588. The first kappa shape index (κ1) is 21.0. The second kappa shape index (κ2) is 9.03. The van der Waals surface area contributed by atoms with E-state index in [1.165, 1.54) is 0 Å². The van der Waals surface area contributed by atoms with Gasteiger partial charge in [0.1, 0.15) is 0 Å².